The van der Waals surface area contributed by atoms with Gasteiger partial charge in [-0.05, 0) is 24.3 Å². The molecule has 20 heavy (non-hydrogen) atoms. The second-order valence-corrected chi connectivity index (χ2v) is 4.55. The van der Waals surface area contributed by atoms with E-state index in [9.17, 15) is 0 Å². The van der Waals surface area contributed by atoms with Crippen LogP contribution >= 0.6 is 11.6 Å². The first-order chi connectivity index (χ1) is 9.84. The molecule has 0 bridgehead atoms. The zero-order valence-electron chi connectivity index (χ0n) is 10.6. The first-order valence-corrected chi connectivity index (χ1v) is 6.54. The van der Waals surface area contributed by atoms with Gasteiger partial charge >= 0.3 is 0 Å². The zero-order valence-corrected chi connectivity index (χ0v) is 11.4. The number of aromatic nitrogens is 3. The lowest BCUT2D eigenvalue weighted by molar-refractivity contribution is 0.293. The van der Waals surface area contributed by atoms with Crippen LogP contribution in [0.25, 0.3) is 5.69 Å². The Morgan fingerprint density at radius 2 is 1.75 bits per heavy atom. The van der Waals surface area contributed by atoms with Crippen molar-refractivity contribution in [2.45, 2.75) is 6.61 Å². The van der Waals surface area contributed by atoms with Gasteiger partial charge < -0.3 is 4.74 Å². The summed E-state index contributed by atoms with van der Waals surface area (Å²) in [5, 5.41) is 4.80. The van der Waals surface area contributed by atoms with Crippen molar-refractivity contribution >= 4 is 11.6 Å². The van der Waals surface area contributed by atoms with Crippen molar-refractivity contribution in [1.29, 1.82) is 0 Å². The largest absolute Gasteiger partial charge is 0.484 e. The van der Waals surface area contributed by atoms with Crippen LogP contribution in [0.1, 0.15) is 5.82 Å². The van der Waals surface area contributed by atoms with E-state index < -0.39 is 0 Å². The zero-order chi connectivity index (χ0) is 13.8. The van der Waals surface area contributed by atoms with Crippen molar-refractivity contribution in [3.05, 3.63) is 71.8 Å². The van der Waals surface area contributed by atoms with Gasteiger partial charge in [0, 0.05) is 0 Å². The molecule has 0 atom stereocenters. The van der Waals surface area contributed by atoms with Gasteiger partial charge in [0.15, 0.2) is 5.82 Å². The molecule has 0 aliphatic heterocycles. The molecular formula is C15H12ClN3O. The predicted molar refractivity (Wildman–Crippen MR) is 77.1 cm³/mol. The minimum atomic E-state index is 0.304. The van der Waals surface area contributed by atoms with Crippen LogP contribution in [-0.2, 0) is 6.61 Å². The molecule has 0 amide bonds. The Morgan fingerprint density at radius 3 is 2.55 bits per heavy atom. The maximum absolute atomic E-state index is 6.05. The minimum Gasteiger partial charge on any atom is -0.484 e. The fourth-order valence-corrected chi connectivity index (χ4v) is 2.04. The fraction of sp³-hybridized carbons (Fsp3) is 0.0667. The van der Waals surface area contributed by atoms with E-state index >= 15 is 0 Å². The molecule has 0 aliphatic carbocycles. The molecule has 5 heteroatoms. The second kappa shape index (κ2) is 5.75. The summed E-state index contributed by atoms with van der Waals surface area (Å²) in [5.74, 6) is 1.35. The molecule has 0 saturated carbocycles. The van der Waals surface area contributed by atoms with E-state index in [0.717, 1.165) is 11.5 Å². The van der Waals surface area contributed by atoms with Crippen molar-refractivity contribution in [3.63, 3.8) is 0 Å². The minimum absolute atomic E-state index is 0.304. The van der Waals surface area contributed by atoms with Crippen molar-refractivity contribution in [2.24, 2.45) is 0 Å². The number of benzene rings is 2. The summed E-state index contributed by atoms with van der Waals surface area (Å²) in [5.41, 5.74) is 0.947. The van der Waals surface area contributed by atoms with Gasteiger partial charge in [-0.25, -0.2) is 9.67 Å². The maximum atomic E-state index is 6.05. The summed E-state index contributed by atoms with van der Waals surface area (Å²) in [7, 11) is 0. The highest BCUT2D eigenvalue weighted by Crippen LogP contribution is 2.24. The van der Waals surface area contributed by atoms with Gasteiger partial charge in [-0.15, -0.1) is 0 Å². The van der Waals surface area contributed by atoms with Gasteiger partial charge in [-0.2, -0.15) is 5.10 Å². The summed E-state index contributed by atoms with van der Waals surface area (Å²) in [6, 6.07) is 17.2. The third-order valence-electron chi connectivity index (χ3n) is 2.81. The van der Waals surface area contributed by atoms with E-state index in [1.54, 1.807) is 10.7 Å². The van der Waals surface area contributed by atoms with E-state index in [0.29, 0.717) is 17.4 Å². The SMILES string of the molecule is Clc1ccccc1OCc1ncnn1-c1ccccc1. The molecule has 2 aromatic carbocycles. The molecule has 1 aromatic heterocycles. The molecule has 1 heterocycles. The average molecular weight is 286 g/mol. The highest BCUT2D eigenvalue weighted by molar-refractivity contribution is 6.32. The van der Waals surface area contributed by atoms with Crippen LogP contribution in [0.15, 0.2) is 60.9 Å². The number of halogens is 1. The summed E-state index contributed by atoms with van der Waals surface area (Å²) in [4.78, 5) is 4.22. The van der Waals surface area contributed by atoms with E-state index in [2.05, 4.69) is 10.1 Å². The lowest BCUT2D eigenvalue weighted by atomic mass is 10.3. The molecule has 0 spiro atoms. The van der Waals surface area contributed by atoms with Crippen LogP contribution in [-0.4, -0.2) is 14.8 Å². The van der Waals surface area contributed by atoms with Crippen molar-refractivity contribution in [2.75, 3.05) is 0 Å². The fourth-order valence-electron chi connectivity index (χ4n) is 1.85. The molecule has 3 rings (SSSR count). The van der Waals surface area contributed by atoms with Gasteiger partial charge in [-0.1, -0.05) is 41.9 Å². The Balaban J connectivity index is 1.80. The highest BCUT2D eigenvalue weighted by atomic mass is 35.5. The van der Waals surface area contributed by atoms with Gasteiger partial charge in [0.25, 0.3) is 0 Å². The summed E-state index contributed by atoms with van der Waals surface area (Å²) in [6.07, 6.45) is 1.51. The monoisotopic (exact) mass is 285 g/mol. The van der Waals surface area contributed by atoms with E-state index in [4.69, 9.17) is 16.3 Å². The standard InChI is InChI=1S/C15H12ClN3O/c16-13-8-4-5-9-14(13)20-10-15-17-11-18-19(15)12-6-2-1-3-7-12/h1-9,11H,10H2. The molecular weight excluding hydrogens is 274 g/mol. The van der Waals surface area contributed by atoms with Gasteiger partial charge in [0.1, 0.15) is 18.7 Å². The maximum Gasteiger partial charge on any atom is 0.169 e. The first-order valence-electron chi connectivity index (χ1n) is 6.16. The first kappa shape index (κ1) is 12.7. The molecule has 0 radical (unpaired) electrons. The van der Waals surface area contributed by atoms with Crippen LogP contribution in [0.3, 0.4) is 0 Å². The van der Waals surface area contributed by atoms with Crippen LogP contribution in [0.2, 0.25) is 5.02 Å². The third kappa shape index (κ3) is 2.65. The van der Waals surface area contributed by atoms with Gasteiger partial charge in [0.2, 0.25) is 0 Å². The highest BCUT2D eigenvalue weighted by Gasteiger charge is 2.08. The number of para-hydroxylation sites is 2. The van der Waals surface area contributed by atoms with E-state index in [1.807, 2.05) is 48.5 Å². The number of ether oxygens (including phenoxy) is 1. The van der Waals surface area contributed by atoms with Gasteiger partial charge in [0.05, 0.1) is 10.7 Å². The molecule has 0 unspecified atom stereocenters. The molecule has 4 nitrogen and oxygen atoms in total. The molecule has 0 saturated heterocycles. The lowest BCUT2D eigenvalue weighted by Gasteiger charge is -2.08. The Kier molecular flexibility index (Phi) is 3.65. The lowest BCUT2D eigenvalue weighted by Crippen LogP contribution is -2.06. The number of hydrogen-bond donors (Lipinski definition) is 0. The predicted octanol–water partition coefficient (Wildman–Crippen LogP) is 3.50. The summed E-state index contributed by atoms with van der Waals surface area (Å²) < 4.78 is 7.43. The molecule has 0 fully saturated rings. The number of nitrogens with zero attached hydrogens (tertiary/aromatic N) is 3. The van der Waals surface area contributed by atoms with Crippen LogP contribution in [0.5, 0.6) is 5.75 Å². The van der Waals surface area contributed by atoms with Crippen LogP contribution in [0, 0.1) is 0 Å². The second-order valence-electron chi connectivity index (χ2n) is 4.14. The Bertz CT molecular complexity index is 697. The topological polar surface area (TPSA) is 39.9 Å². The van der Waals surface area contributed by atoms with Crippen molar-refractivity contribution in [3.8, 4) is 11.4 Å². The Hall–Kier alpha value is -2.33. The Labute approximate surface area is 121 Å². The normalized spacial score (nSPS) is 10.4. The van der Waals surface area contributed by atoms with Crippen LogP contribution in [0.4, 0.5) is 0 Å². The molecule has 0 aliphatic rings. The van der Waals surface area contributed by atoms with Crippen molar-refractivity contribution < 1.29 is 4.74 Å². The van der Waals surface area contributed by atoms with Crippen LogP contribution < -0.4 is 4.74 Å². The third-order valence-corrected chi connectivity index (χ3v) is 3.12. The molecule has 100 valence electrons. The molecule has 0 N–H and O–H groups in total. The Morgan fingerprint density at radius 1 is 1.00 bits per heavy atom. The van der Waals surface area contributed by atoms with E-state index in [-0.39, 0.29) is 0 Å². The smallest absolute Gasteiger partial charge is 0.169 e. The molecule has 3 aromatic rings. The van der Waals surface area contributed by atoms with E-state index in [1.165, 1.54) is 6.33 Å². The number of hydrogen-bond acceptors (Lipinski definition) is 3. The quantitative estimate of drug-likeness (QED) is 0.736. The summed E-state index contributed by atoms with van der Waals surface area (Å²) in [6.45, 7) is 0.304. The van der Waals surface area contributed by atoms with Gasteiger partial charge in [-0.3, -0.25) is 0 Å². The van der Waals surface area contributed by atoms with Crippen molar-refractivity contribution in [1.82, 2.24) is 14.8 Å². The number of rotatable bonds is 4. The summed E-state index contributed by atoms with van der Waals surface area (Å²) >= 11 is 6.05. The average Bonchev–Trinajstić information content (AvgIpc) is 2.96.